The van der Waals surface area contributed by atoms with Crippen LogP contribution in [0.1, 0.15) is 23.3 Å². The molecule has 0 saturated carbocycles. The highest BCUT2D eigenvalue weighted by molar-refractivity contribution is 7.19. The number of hydrogen-bond donors (Lipinski definition) is 1. The summed E-state index contributed by atoms with van der Waals surface area (Å²) in [4.78, 5) is 30.8. The molecule has 10 heteroatoms. The molecule has 9 nitrogen and oxygen atoms in total. The van der Waals surface area contributed by atoms with Gasteiger partial charge in [0.1, 0.15) is 17.0 Å². The Morgan fingerprint density at radius 3 is 2.81 bits per heavy atom. The summed E-state index contributed by atoms with van der Waals surface area (Å²) in [5, 5.41) is 9.05. The van der Waals surface area contributed by atoms with Crippen molar-refractivity contribution in [2.45, 2.75) is 25.7 Å². The van der Waals surface area contributed by atoms with Crippen LogP contribution >= 0.6 is 11.3 Å². The van der Waals surface area contributed by atoms with E-state index < -0.39 is 0 Å². The van der Waals surface area contributed by atoms with Crippen LogP contribution in [0.5, 0.6) is 0 Å². The lowest BCUT2D eigenvalue weighted by molar-refractivity contribution is -0.134. The first-order chi connectivity index (χ1) is 17.3. The van der Waals surface area contributed by atoms with Gasteiger partial charge in [0.2, 0.25) is 5.91 Å². The van der Waals surface area contributed by atoms with Gasteiger partial charge in [0.25, 0.3) is 0 Å². The van der Waals surface area contributed by atoms with E-state index in [9.17, 15) is 4.79 Å². The molecule has 190 valence electrons. The normalized spacial score (nSPS) is 15.4. The van der Waals surface area contributed by atoms with Crippen molar-refractivity contribution >= 4 is 50.2 Å². The molecule has 5 rings (SSSR count). The average Bonchev–Trinajstić information content (AvgIpc) is 3.46. The van der Waals surface area contributed by atoms with E-state index in [1.165, 1.54) is 10.4 Å². The molecule has 0 spiro atoms. The fourth-order valence-electron chi connectivity index (χ4n) is 5.00. The topological polar surface area (TPSA) is 81.9 Å². The highest BCUT2D eigenvalue weighted by Gasteiger charge is 2.30. The zero-order valence-corrected chi connectivity index (χ0v) is 22.5. The first kappa shape index (κ1) is 24.5. The minimum Gasteiger partial charge on any atom is -0.375 e. The third-order valence-electron chi connectivity index (χ3n) is 6.92. The maximum absolute atomic E-state index is 13.2. The molecule has 0 aliphatic heterocycles. The lowest BCUT2D eigenvalue weighted by Crippen LogP contribution is -2.36. The number of carbonyl (C=O) groups is 1. The fourth-order valence-corrected chi connectivity index (χ4v) is 6.27. The number of carbonyl (C=O) groups excluding carboxylic acids is 1. The van der Waals surface area contributed by atoms with Crippen molar-refractivity contribution in [2.75, 3.05) is 58.5 Å². The molecule has 0 radical (unpaired) electrons. The molecule has 4 aromatic heterocycles. The van der Waals surface area contributed by atoms with Crippen molar-refractivity contribution in [1.29, 1.82) is 0 Å². The zero-order chi connectivity index (χ0) is 25.4. The van der Waals surface area contributed by atoms with Crippen LogP contribution < -0.4 is 10.2 Å². The molecule has 1 N–H and O–H groups in total. The molecule has 4 aromatic rings. The number of aryl methyl sites for hydroxylation is 1. The van der Waals surface area contributed by atoms with Crippen molar-refractivity contribution < 1.29 is 4.79 Å². The van der Waals surface area contributed by atoms with Crippen molar-refractivity contribution in [1.82, 2.24) is 29.4 Å². The molecule has 1 aliphatic rings. The number of anilines is 3. The Morgan fingerprint density at radius 1 is 1.19 bits per heavy atom. The van der Waals surface area contributed by atoms with Crippen molar-refractivity contribution in [2.24, 2.45) is 5.92 Å². The second-order valence-corrected chi connectivity index (χ2v) is 11.1. The maximum Gasteiger partial charge on any atom is 0.225 e. The van der Waals surface area contributed by atoms with Crippen LogP contribution in [-0.4, -0.2) is 83.6 Å². The highest BCUT2D eigenvalue weighted by atomic mass is 32.1. The average molecular weight is 507 g/mol. The van der Waals surface area contributed by atoms with Gasteiger partial charge in [-0.25, -0.2) is 14.5 Å². The molecule has 1 amide bonds. The minimum absolute atomic E-state index is 0.0314. The summed E-state index contributed by atoms with van der Waals surface area (Å²) in [5.74, 6) is 1.10. The summed E-state index contributed by atoms with van der Waals surface area (Å²) in [6, 6.07) is 4.08. The van der Waals surface area contributed by atoms with E-state index in [0.717, 1.165) is 71.7 Å². The Balaban J connectivity index is 1.40. The number of rotatable bonds is 8. The van der Waals surface area contributed by atoms with Crippen molar-refractivity contribution in [3.05, 3.63) is 41.3 Å². The van der Waals surface area contributed by atoms with Crippen LogP contribution in [0.4, 0.5) is 17.2 Å². The fraction of sp³-hybridized carbons (Fsp3) is 0.462. The zero-order valence-electron chi connectivity index (χ0n) is 21.7. The third kappa shape index (κ3) is 4.75. The first-order valence-electron chi connectivity index (χ1n) is 12.4. The number of fused-ring (bicyclic) bond motifs is 4. The smallest absolute Gasteiger partial charge is 0.225 e. The standard InChI is InChI=1S/C26H34N8OS/c1-31(2)11-6-12-33(5)26(35)17-7-8-19-22(13-17)36-25-23(19)24(27-16-28-25)30-20-14-18-9-10-29-34(18)15-21(20)32(3)4/h9-10,14-17H,6-8,11-13H2,1-5H3,(H,27,28,30). The van der Waals surface area contributed by atoms with Crippen molar-refractivity contribution in [3.8, 4) is 0 Å². The van der Waals surface area contributed by atoms with Crippen molar-refractivity contribution in [3.63, 3.8) is 0 Å². The molecule has 0 aromatic carbocycles. The summed E-state index contributed by atoms with van der Waals surface area (Å²) < 4.78 is 1.87. The minimum atomic E-state index is 0.0314. The lowest BCUT2D eigenvalue weighted by atomic mass is 9.87. The predicted octanol–water partition coefficient (Wildman–Crippen LogP) is 3.66. The number of hydrogen-bond acceptors (Lipinski definition) is 8. The second kappa shape index (κ2) is 10.0. The summed E-state index contributed by atoms with van der Waals surface area (Å²) in [7, 11) is 10.1. The summed E-state index contributed by atoms with van der Waals surface area (Å²) in [6.07, 6.45) is 8.92. The molecule has 4 heterocycles. The molecular weight excluding hydrogens is 472 g/mol. The van der Waals surface area contributed by atoms with Gasteiger partial charge in [0, 0.05) is 44.7 Å². The largest absolute Gasteiger partial charge is 0.375 e. The summed E-state index contributed by atoms with van der Waals surface area (Å²) in [6.45, 7) is 1.78. The van der Waals surface area contributed by atoms with Crippen LogP contribution in [-0.2, 0) is 17.6 Å². The second-order valence-electron chi connectivity index (χ2n) is 10.1. The van der Waals surface area contributed by atoms with Gasteiger partial charge in [-0.05, 0) is 64.0 Å². The van der Waals surface area contributed by atoms with Crippen LogP contribution in [0.2, 0.25) is 0 Å². The Bertz CT molecular complexity index is 1390. The van der Waals surface area contributed by atoms with Gasteiger partial charge in [-0.2, -0.15) is 5.10 Å². The maximum atomic E-state index is 13.2. The van der Waals surface area contributed by atoms with Gasteiger partial charge < -0.3 is 20.0 Å². The molecule has 1 atom stereocenters. The van der Waals surface area contributed by atoms with E-state index in [0.29, 0.717) is 0 Å². The monoisotopic (exact) mass is 506 g/mol. The molecular formula is C26H34N8OS. The number of nitrogens with one attached hydrogen (secondary N) is 1. The van der Waals surface area contributed by atoms with Crippen LogP contribution in [0.25, 0.3) is 15.7 Å². The van der Waals surface area contributed by atoms with E-state index in [2.05, 4.69) is 50.3 Å². The van der Waals surface area contributed by atoms with Crippen LogP contribution in [0.3, 0.4) is 0 Å². The van der Waals surface area contributed by atoms with E-state index in [-0.39, 0.29) is 11.8 Å². The number of pyridine rings is 1. The highest BCUT2D eigenvalue weighted by Crippen LogP contribution is 2.41. The van der Waals surface area contributed by atoms with Gasteiger partial charge in [-0.1, -0.05) is 0 Å². The summed E-state index contributed by atoms with van der Waals surface area (Å²) in [5.41, 5.74) is 4.28. The number of aromatic nitrogens is 4. The number of amides is 1. The molecule has 0 fully saturated rings. The lowest BCUT2D eigenvalue weighted by Gasteiger charge is -2.27. The van der Waals surface area contributed by atoms with Gasteiger partial charge in [-0.15, -0.1) is 11.3 Å². The van der Waals surface area contributed by atoms with E-state index in [1.807, 2.05) is 42.8 Å². The molecule has 1 aliphatic carbocycles. The Morgan fingerprint density at radius 2 is 2.03 bits per heavy atom. The van der Waals surface area contributed by atoms with Gasteiger partial charge in [0.05, 0.1) is 28.5 Å². The van der Waals surface area contributed by atoms with Crippen LogP contribution in [0, 0.1) is 5.92 Å². The van der Waals surface area contributed by atoms with E-state index in [1.54, 1.807) is 23.9 Å². The Kier molecular flexibility index (Phi) is 6.81. The summed E-state index contributed by atoms with van der Waals surface area (Å²) >= 11 is 1.70. The first-order valence-corrected chi connectivity index (χ1v) is 13.2. The molecule has 36 heavy (non-hydrogen) atoms. The SMILES string of the molecule is CN(C)CCCN(C)C(=O)C1CCc2c(sc3ncnc(Nc4cc5ccnn5cc4N(C)C)c23)C1. The molecule has 0 bridgehead atoms. The Labute approximate surface area is 215 Å². The van der Waals surface area contributed by atoms with Gasteiger partial charge in [-0.3, -0.25) is 4.79 Å². The number of thiophene rings is 1. The molecule has 1 unspecified atom stereocenters. The molecule has 0 saturated heterocycles. The third-order valence-corrected chi connectivity index (χ3v) is 8.08. The van der Waals surface area contributed by atoms with Gasteiger partial charge >= 0.3 is 0 Å². The quantitative estimate of drug-likeness (QED) is 0.391. The van der Waals surface area contributed by atoms with E-state index >= 15 is 0 Å². The number of nitrogens with zero attached hydrogens (tertiary/aromatic N) is 7. The Hall–Kier alpha value is -3.24. The van der Waals surface area contributed by atoms with Gasteiger partial charge in [0.15, 0.2) is 0 Å². The predicted molar refractivity (Wildman–Crippen MR) is 147 cm³/mol. The van der Waals surface area contributed by atoms with Crippen LogP contribution in [0.15, 0.2) is 30.9 Å². The van der Waals surface area contributed by atoms with E-state index in [4.69, 9.17) is 0 Å².